The van der Waals surface area contributed by atoms with Gasteiger partial charge in [-0.2, -0.15) is 0 Å². The van der Waals surface area contributed by atoms with Crippen LogP contribution in [0.25, 0.3) is 0 Å². The third-order valence-corrected chi connectivity index (χ3v) is 3.58. The molecule has 0 bridgehead atoms. The van der Waals surface area contributed by atoms with Crippen LogP contribution in [0.1, 0.15) is 11.1 Å². The molecule has 0 saturated carbocycles. The predicted molar refractivity (Wildman–Crippen MR) is 80.8 cm³/mol. The molecule has 104 valence electrons. The third kappa shape index (κ3) is 2.72. The van der Waals surface area contributed by atoms with Crippen molar-refractivity contribution in [3.8, 4) is 11.5 Å². The van der Waals surface area contributed by atoms with Crippen LogP contribution in [0.15, 0.2) is 42.5 Å². The summed E-state index contributed by atoms with van der Waals surface area (Å²) in [5.74, 6) is 1.90. The average Bonchev–Trinajstić information content (AvgIpc) is 2.87. The van der Waals surface area contributed by atoms with E-state index in [9.17, 15) is 0 Å². The van der Waals surface area contributed by atoms with Gasteiger partial charge in [-0.1, -0.05) is 17.7 Å². The molecule has 1 atom stereocenters. The first kappa shape index (κ1) is 12.9. The maximum atomic E-state index is 5.94. The number of hydrogen-bond donors (Lipinski definition) is 1. The molecule has 0 radical (unpaired) electrons. The molecule has 0 spiro atoms. The van der Waals surface area contributed by atoms with Crippen LogP contribution in [0.2, 0.25) is 0 Å². The quantitative estimate of drug-likeness (QED) is 0.922. The second kappa shape index (κ2) is 5.45. The minimum absolute atomic E-state index is 0.203. The molecule has 0 amide bonds. The molecule has 20 heavy (non-hydrogen) atoms. The van der Waals surface area contributed by atoms with Crippen molar-refractivity contribution in [2.75, 3.05) is 19.0 Å². The predicted octanol–water partition coefficient (Wildman–Crippen LogP) is 3.42. The zero-order valence-corrected chi connectivity index (χ0v) is 11.8. The maximum absolute atomic E-state index is 5.94. The highest BCUT2D eigenvalue weighted by Crippen LogP contribution is 2.29. The van der Waals surface area contributed by atoms with Crippen molar-refractivity contribution in [2.24, 2.45) is 0 Å². The first-order valence-corrected chi connectivity index (χ1v) is 6.89. The number of anilines is 1. The number of nitrogens with one attached hydrogen (secondary N) is 1. The zero-order valence-electron chi connectivity index (χ0n) is 11.8. The van der Waals surface area contributed by atoms with E-state index in [0.29, 0.717) is 0 Å². The number of benzene rings is 2. The minimum atomic E-state index is 0.203. The summed E-state index contributed by atoms with van der Waals surface area (Å²) >= 11 is 0. The summed E-state index contributed by atoms with van der Waals surface area (Å²) in [6.07, 6.45) is 1.18. The Morgan fingerprint density at radius 2 is 2.00 bits per heavy atom. The van der Waals surface area contributed by atoms with Gasteiger partial charge in [0.05, 0.1) is 13.7 Å². The van der Waals surface area contributed by atoms with Gasteiger partial charge in [0.2, 0.25) is 0 Å². The second-order valence-electron chi connectivity index (χ2n) is 5.16. The van der Waals surface area contributed by atoms with Crippen molar-refractivity contribution in [2.45, 2.75) is 19.4 Å². The van der Waals surface area contributed by atoms with Gasteiger partial charge < -0.3 is 14.8 Å². The second-order valence-corrected chi connectivity index (χ2v) is 5.16. The van der Waals surface area contributed by atoms with Gasteiger partial charge in [-0.15, -0.1) is 0 Å². The van der Waals surface area contributed by atoms with Crippen molar-refractivity contribution in [1.82, 2.24) is 0 Å². The van der Waals surface area contributed by atoms with Crippen molar-refractivity contribution < 1.29 is 9.47 Å². The lowest BCUT2D eigenvalue weighted by Gasteiger charge is -2.13. The van der Waals surface area contributed by atoms with Crippen molar-refractivity contribution in [3.05, 3.63) is 53.6 Å². The summed E-state index contributed by atoms with van der Waals surface area (Å²) in [6, 6.07) is 14.3. The van der Waals surface area contributed by atoms with Crippen molar-refractivity contribution in [3.63, 3.8) is 0 Å². The summed E-state index contributed by atoms with van der Waals surface area (Å²) in [5.41, 5.74) is 3.68. The fraction of sp³-hybridized carbons (Fsp3) is 0.294. The molecule has 1 N–H and O–H groups in total. The molecular formula is C17H19NO2. The van der Waals surface area contributed by atoms with Crippen LogP contribution in [-0.4, -0.2) is 19.8 Å². The highest BCUT2D eigenvalue weighted by Gasteiger charge is 2.22. The normalized spacial score (nSPS) is 16.4. The van der Waals surface area contributed by atoms with E-state index in [1.165, 1.54) is 11.1 Å². The molecule has 2 aromatic rings. The number of hydrogen-bond acceptors (Lipinski definition) is 3. The van der Waals surface area contributed by atoms with E-state index in [-0.39, 0.29) is 6.10 Å². The molecular weight excluding hydrogens is 250 g/mol. The molecule has 2 aromatic carbocycles. The molecule has 1 heterocycles. The van der Waals surface area contributed by atoms with E-state index in [1.54, 1.807) is 7.11 Å². The SMILES string of the molecule is COc1ccc(NCC2Cc3cc(C)ccc3O2)cc1. The summed E-state index contributed by atoms with van der Waals surface area (Å²) < 4.78 is 11.1. The number of ether oxygens (including phenoxy) is 2. The van der Waals surface area contributed by atoms with Crippen LogP contribution in [0, 0.1) is 6.92 Å². The molecule has 0 aliphatic carbocycles. The van der Waals surface area contributed by atoms with Gasteiger partial charge in [0.15, 0.2) is 0 Å². The Labute approximate surface area is 119 Å². The summed E-state index contributed by atoms with van der Waals surface area (Å²) in [5, 5.41) is 3.41. The first-order chi connectivity index (χ1) is 9.74. The Hall–Kier alpha value is -2.16. The molecule has 0 saturated heterocycles. The first-order valence-electron chi connectivity index (χ1n) is 6.89. The van der Waals surface area contributed by atoms with Crippen LogP contribution < -0.4 is 14.8 Å². The molecule has 3 nitrogen and oxygen atoms in total. The monoisotopic (exact) mass is 269 g/mol. The van der Waals surface area contributed by atoms with Crippen LogP contribution >= 0.6 is 0 Å². The summed E-state index contributed by atoms with van der Waals surface area (Å²) in [7, 11) is 1.67. The lowest BCUT2D eigenvalue weighted by molar-refractivity contribution is 0.246. The van der Waals surface area contributed by atoms with Gasteiger partial charge in [0, 0.05) is 12.1 Å². The van der Waals surface area contributed by atoms with Crippen LogP contribution in [-0.2, 0) is 6.42 Å². The summed E-state index contributed by atoms with van der Waals surface area (Å²) in [6.45, 7) is 2.92. The highest BCUT2D eigenvalue weighted by atomic mass is 16.5. The van der Waals surface area contributed by atoms with E-state index < -0.39 is 0 Å². The van der Waals surface area contributed by atoms with Gasteiger partial charge >= 0.3 is 0 Å². The number of fused-ring (bicyclic) bond motifs is 1. The minimum Gasteiger partial charge on any atom is -0.497 e. The fourth-order valence-electron chi connectivity index (χ4n) is 2.50. The van der Waals surface area contributed by atoms with E-state index in [2.05, 4.69) is 30.4 Å². The van der Waals surface area contributed by atoms with Crippen LogP contribution in [0.3, 0.4) is 0 Å². The third-order valence-electron chi connectivity index (χ3n) is 3.58. The van der Waals surface area contributed by atoms with Gasteiger partial charge in [-0.05, 0) is 42.8 Å². The van der Waals surface area contributed by atoms with Gasteiger partial charge in [-0.25, -0.2) is 0 Å². The van der Waals surface area contributed by atoms with Gasteiger partial charge in [0.25, 0.3) is 0 Å². The molecule has 1 aliphatic rings. The lowest BCUT2D eigenvalue weighted by atomic mass is 10.1. The van der Waals surface area contributed by atoms with Crippen molar-refractivity contribution >= 4 is 5.69 Å². The molecule has 1 aliphatic heterocycles. The molecule has 0 fully saturated rings. The molecule has 3 rings (SSSR count). The zero-order chi connectivity index (χ0) is 13.9. The molecule has 3 heteroatoms. The van der Waals surface area contributed by atoms with Crippen molar-refractivity contribution in [1.29, 1.82) is 0 Å². The highest BCUT2D eigenvalue weighted by molar-refractivity contribution is 5.47. The fourth-order valence-corrected chi connectivity index (χ4v) is 2.50. The Morgan fingerprint density at radius 3 is 2.75 bits per heavy atom. The molecule has 1 unspecified atom stereocenters. The average molecular weight is 269 g/mol. The van der Waals surface area contributed by atoms with Crippen LogP contribution in [0.5, 0.6) is 11.5 Å². The number of rotatable bonds is 4. The Kier molecular flexibility index (Phi) is 3.50. The van der Waals surface area contributed by atoms with E-state index in [0.717, 1.165) is 30.2 Å². The Bertz CT molecular complexity index is 592. The lowest BCUT2D eigenvalue weighted by Crippen LogP contribution is -2.23. The standard InChI is InChI=1S/C17H19NO2/c1-12-3-8-17-13(9-12)10-16(20-17)11-18-14-4-6-15(19-2)7-5-14/h3-9,16,18H,10-11H2,1-2H3. The van der Waals surface area contributed by atoms with Gasteiger partial charge in [0.1, 0.15) is 17.6 Å². The Balaban J connectivity index is 1.58. The van der Waals surface area contributed by atoms with Crippen LogP contribution in [0.4, 0.5) is 5.69 Å². The maximum Gasteiger partial charge on any atom is 0.123 e. The van der Waals surface area contributed by atoms with E-state index >= 15 is 0 Å². The topological polar surface area (TPSA) is 30.5 Å². The number of methoxy groups -OCH3 is 1. The Morgan fingerprint density at radius 1 is 1.20 bits per heavy atom. The smallest absolute Gasteiger partial charge is 0.123 e. The van der Waals surface area contributed by atoms with E-state index in [1.807, 2.05) is 24.3 Å². The van der Waals surface area contributed by atoms with E-state index in [4.69, 9.17) is 9.47 Å². The number of aryl methyl sites for hydroxylation is 1. The van der Waals surface area contributed by atoms with Gasteiger partial charge in [-0.3, -0.25) is 0 Å². The largest absolute Gasteiger partial charge is 0.497 e. The molecule has 0 aromatic heterocycles. The summed E-state index contributed by atoms with van der Waals surface area (Å²) in [4.78, 5) is 0.